The summed E-state index contributed by atoms with van der Waals surface area (Å²) >= 11 is 0. The van der Waals surface area contributed by atoms with Crippen LogP contribution in [0.25, 0.3) is 0 Å². The molecule has 2 aliphatic rings. The molecule has 1 N–H and O–H groups in total. The maximum Gasteiger partial charge on any atom is 0.123 e. The molecule has 1 heterocycles. The van der Waals surface area contributed by atoms with Crippen molar-refractivity contribution in [2.45, 2.75) is 51.2 Å². The Kier molecular flexibility index (Phi) is 4.08. The Morgan fingerprint density at radius 2 is 2.00 bits per heavy atom. The smallest absolute Gasteiger partial charge is 0.123 e. The molecular formula is C17H25FN2. The lowest BCUT2D eigenvalue weighted by molar-refractivity contribution is 0.0924. The zero-order valence-electron chi connectivity index (χ0n) is 12.5. The fraction of sp³-hybridized carbons (Fsp3) is 0.647. The molecule has 0 amide bonds. The zero-order valence-corrected chi connectivity index (χ0v) is 12.5. The molecule has 0 aromatic heterocycles. The van der Waals surface area contributed by atoms with Gasteiger partial charge in [0.15, 0.2) is 0 Å². The predicted octanol–water partition coefficient (Wildman–Crippen LogP) is 2.83. The Bertz CT molecular complexity index is 441. The standard InChI is InChI=1S/C17H25FN2/c1-12(9-14-3-7-16(18)8-4-14)20-11-17(15-5-6-15)19-10-13(20)2/h3-4,7-8,12-13,15,17,19H,5-6,9-11H2,1-2H3. The minimum absolute atomic E-state index is 0.147. The van der Waals surface area contributed by atoms with Crippen LogP contribution in [-0.2, 0) is 6.42 Å². The Balaban J connectivity index is 1.62. The molecule has 1 aromatic carbocycles. The molecule has 1 aliphatic heterocycles. The molecule has 1 saturated heterocycles. The third-order valence-electron chi connectivity index (χ3n) is 4.85. The number of nitrogens with zero attached hydrogens (tertiary/aromatic N) is 1. The minimum Gasteiger partial charge on any atom is -0.311 e. The van der Waals surface area contributed by atoms with E-state index in [9.17, 15) is 4.39 Å². The molecule has 0 radical (unpaired) electrons. The third kappa shape index (κ3) is 3.21. The highest BCUT2D eigenvalue weighted by Crippen LogP contribution is 2.34. The predicted molar refractivity (Wildman–Crippen MR) is 80.2 cm³/mol. The molecule has 2 nitrogen and oxygen atoms in total. The summed E-state index contributed by atoms with van der Waals surface area (Å²) < 4.78 is 13.0. The van der Waals surface area contributed by atoms with Crippen LogP contribution in [-0.4, -0.2) is 36.1 Å². The largest absolute Gasteiger partial charge is 0.311 e. The highest BCUT2D eigenvalue weighted by Gasteiger charge is 2.37. The van der Waals surface area contributed by atoms with E-state index in [0.29, 0.717) is 18.1 Å². The SMILES string of the molecule is CC1CNC(C2CC2)CN1C(C)Cc1ccc(F)cc1. The van der Waals surface area contributed by atoms with Crippen LogP contribution in [0.15, 0.2) is 24.3 Å². The first-order valence-corrected chi connectivity index (χ1v) is 7.87. The number of hydrogen-bond donors (Lipinski definition) is 1. The summed E-state index contributed by atoms with van der Waals surface area (Å²) in [5.41, 5.74) is 1.23. The van der Waals surface area contributed by atoms with E-state index < -0.39 is 0 Å². The van der Waals surface area contributed by atoms with E-state index >= 15 is 0 Å². The van der Waals surface area contributed by atoms with Crippen LogP contribution in [0.1, 0.15) is 32.3 Å². The van der Waals surface area contributed by atoms with Crippen molar-refractivity contribution in [3.05, 3.63) is 35.6 Å². The summed E-state index contributed by atoms with van der Waals surface area (Å²) in [4.78, 5) is 2.63. The number of hydrogen-bond acceptors (Lipinski definition) is 2. The number of benzene rings is 1. The van der Waals surface area contributed by atoms with Crippen LogP contribution >= 0.6 is 0 Å². The Labute approximate surface area is 121 Å². The summed E-state index contributed by atoms with van der Waals surface area (Å²) in [5.74, 6) is 0.758. The number of piperazine rings is 1. The van der Waals surface area contributed by atoms with E-state index in [1.165, 1.54) is 18.4 Å². The van der Waals surface area contributed by atoms with Crippen molar-refractivity contribution in [2.24, 2.45) is 5.92 Å². The average molecular weight is 276 g/mol. The van der Waals surface area contributed by atoms with E-state index in [4.69, 9.17) is 0 Å². The summed E-state index contributed by atoms with van der Waals surface area (Å²) in [6, 6.07) is 8.74. The fourth-order valence-electron chi connectivity index (χ4n) is 3.42. The van der Waals surface area contributed by atoms with E-state index in [0.717, 1.165) is 25.4 Å². The summed E-state index contributed by atoms with van der Waals surface area (Å²) in [6.07, 6.45) is 3.79. The Morgan fingerprint density at radius 1 is 1.30 bits per heavy atom. The van der Waals surface area contributed by atoms with Crippen molar-refractivity contribution >= 4 is 0 Å². The van der Waals surface area contributed by atoms with Crippen molar-refractivity contribution in [1.82, 2.24) is 10.2 Å². The maximum absolute atomic E-state index is 13.0. The van der Waals surface area contributed by atoms with Crippen molar-refractivity contribution < 1.29 is 4.39 Å². The average Bonchev–Trinajstić information content (AvgIpc) is 3.26. The lowest BCUT2D eigenvalue weighted by Crippen LogP contribution is -2.58. The van der Waals surface area contributed by atoms with Crippen molar-refractivity contribution in [1.29, 1.82) is 0 Å². The van der Waals surface area contributed by atoms with Gasteiger partial charge in [-0.05, 0) is 56.7 Å². The van der Waals surface area contributed by atoms with Gasteiger partial charge in [-0.15, -0.1) is 0 Å². The number of halogens is 1. The van der Waals surface area contributed by atoms with E-state index in [2.05, 4.69) is 24.1 Å². The summed E-state index contributed by atoms with van der Waals surface area (Å²) in [7, 11) is 0. The molecule has 3 atom stereocenters. The molecule has 2 fully saturated rings. The highest BCUT2D eigenvalue weighted by molar-refractivity contribution is 5.17. The van der Waals surface area contributed by atoms with Gasteiger partial charge in [-0.1, -0.05) is 12.1 Å². The molecule has 1 aromatic rings. The first-order chi connectivity index (χ1) is 9.63. The lowest BCUT2D eigenvalue weighted by Gasteiger charge is -2.42. The molecule has 3 unspecified atom stereocenters. The van der Waals surface area contributed by atoms with Crippen LogP contribution < -0.4 is 5.32 Å². The van der Waals surface area contributed by atoms with Gasteiger partial charge in [0.1, 0.15) is 5.82 Å². The Hall–Kier alpha value is -0.930. The number of nitrogens with one attached hydrogen (secondary N) is 1. The van der Waals surface area contributed by atoms with Gasteiger partial charge in [0, 0.05) is 31.2 Å². The molecule has 20 heavy (non-hydrogen) atoms. The van der Waals surface area contributed by atoms with Crippen LogP contribution in [0.4, 0.5) is 4.39 Å². The second-order valence-electron chi connectivity index (χ2n) is 6.58. The molecule has 0 bridgehead atoms. The Morgan fingerprint density at radius 3 is 2.65 bits per heavy atom. The van der Waals surface area contributed by atoms with Gasteiger partial charge < -0.3 is 5.32 Å². The van der Waals surface area contributed by atoms with Crippen LogP contribution in [0.3, 0.4) is 0 Å². The molecule has 1 aliphatic carbocycles. The topological polar surface area (TPSA) is 15.3 Å². The van der Waals surface area contributed by atoms with Gasteiger partial charge in [-0.25, -0.2) is 4.39 Å². The van der Waals surface area contributed by atoms with Crippen molar-refractivity contribution in [3.8, 4) is 0 Å². The maximum atomic E-state index is 13.0. The summed E-state index contributed by atoms with van der Waals surface area (Å²) in [5, 5.41) is 3.70. The first kappa shape index (κ1) is 14.0. The van der Waals surface area contributed by atoms with Gasteiger partial charge in [0.05, 0.1) is 0 Å². The van der Waals surface area contributed by atoms with Gasteiger partial charge >= 0.3 is 0 Å². The zero-order chi connectivity index (χ0) is 14.1. The van der Waals surface area contributed by atoms with Crippen LogP contribution in [0, 0.1) is 11.7 Å². The van der Waals surface area contributed by atoms with Gasteiger partial charge in [-0.2, -0.15) is 0 Å². The van der Waals surface area contributed by atoms with Crippen LogP contribution in [0.2, 0.25) is 0 Å². The second kappa shape index (κ2) is 5.82. The highest BCUT2D eigenvalue weighted by atomic mass is 19.1. The van der Waals surface area contributed by atoms with Gasteiger partial charge in [-0.3, -0.25) is 4.90 Å². The lowest BCUT2D eigenvalue weighted by atomic mass is 10.00. The minimum atomic E-state index is -0.147. The van der Waals surface area contributed by atoms with Gasteiger partial charge in [0.2, 0.25) is 0 Å². The normalized spacial score (nSPS) is 29.4. The number of rotatable bonds is 4. The third-order valence-corrected chi connectivity index (χ3v) is 4.85. The fourth-order valence-corrected chi connectivity index (χ4v) is 3.42. The molecule has 110 valence electrons. The summed E-state index contributed by atoms with van der Waals surface area (Å²) in [6.45, 7) is 6.86. The van der Waals surface area contributed by atoms with Crippen molar-refractivity contribution in [2.75, 3.05) is 13.1 Å². The molecular weight excluding hydrogens is 251 g/mol. The monoisotopic (exact) mass is 276 g/mol. The van der Waals surface area contributed by atoms with E-state index in [1.807, 2.05) is 12.1 Å². The van der Waals surface area contributed by atoms with Crippen molar-refractivity contribution in [3.63, 3.8) is 0 Å². The van der Waals surface area contributed by atoms with Gasteiger partial charge in [0.25, 0.3) is 0 Å². The molecule has 0 spiro atoms. The quantitative estimate of drug-likeness (QED) is 0.909. The molecule has 3 rings (SSSR count). The second-order valence-corrected chi connectivity index (χ2v) is 6.58. The molecule has 3 heteroatoms. The van der Waals surface area contributed by atoms with E-state index in [-0.39, 0.29) is 5.82 Å². The molecule has 1 saturated carbocycles. The first-order valence-electron chi connectivity index (χ1n) is 7.87. The van der Waals surface area contributed by atoms with Crippen LogP contribution in [0.5, 0.6) is 0 Å². The van der Waals surface area contributed by atoms with E-state index in [1.54, 1.807) is 12.1 Å².